The van der Waals surface area contributed by atoms with Crippen LogP contribution in [0.2, 0.25) is 0 Å². The zero-order valence-electron chi connectivity index (χ0n) is 14.9. The molecule has 0 fully saturated rings. The molecule has 0 radical (unpaired) electrons. The lowest BCUT2D eigenvalue weighted by Gasteiger charge is -2.24. The van der Waals surface area contributed by atoms with Crippen molar-refractivity contribution >= 4 is 10.8 Å². The van der Waals surface area contributed by atoms with E-state index in [-0.39, 0.29) is 23.0 Å². The topological polar surface area (TPSA) is 51.5 Å². The zero-order valence-corrected chi connectivity index (χ0v) is 14.9. The summed E-state index contributed by atoms with van der Waals surface area (Å²) in [5, 5.41) is 10.7. The highest BCUT2D eigenvalue weighted by atomic mass is 19.1. The first-order valence-corrected chi connectivity index (χ1v) is 8.37. The first-order chi connectivity index (χ1) is 11.3. The predicted octanol–water partition coefficient (Wildman–Crippen LogP) is 3.86. The lowest BCUT2D eigenvalue weighted by molar-refractivity contribution is 0.237. The Balaban J connectivity index is 2.74. The average molecular weight is 335 g/mol. The fraction of sp³-hybridized carbons (Fsp3) is 0.526. The summed E-state index contributed by atoms with van der Waals surface area (Å²) >= 11 is 0. The molecule has 0 saturated carbocycles. The maximum absolute atomic E-state index is 13.7. The first-order valence-electron chi connectivity index (χ1n) is 8.37. The Morgan fingerprint density at radius 3 is 2.54 bits per heavy atom. The van der Waals surface area contributed by atoms with Gasteiger partial charge in [-0.3, -0.25) is 4.79 Å². The molecule has 2 aromatic rings. The van der Waals surface area contributed by atoms with Crippen LogP contribution in [0.4, 0.5) is 4.39 Å². The van der Waals surface area contributed by atoms with E-state index >= 15 is 0 Å². The molecule has 4 nitrogen and oxygen atoms in total. The van der Waals surface area contributed by atoms with E-state index in [0.29, 0.717) is 30.0 Å². The molecule has 1 aromatic carbocycles. The molecule has 132 valence electrons. The summed E-state index contributed by atoms with van der Waals surface area (Å²) in [6.45, 7) is 8.68. The fourth-order valence-corrected chi connectivity index (χ4v) is 2.72. The number of halogens is 1. The number of aromatic nitrogens is 1. The molecule has 0 atom stereocenters. The molecule has 1 N–H and O–H groups in total. The van der Waals surface area contributed by atoms with E-state index in [2.05, 4.69) is 6.92 Å². The quantitative estimate of drug-likeness (QED) is 0.816. The Kier molecular flexibility index (Phi) is 5.65. The summed E-state index contributed by atoms with van der Waals surface area (Å²) in [5.74, 6) is 0.0166. The molecular formula is C19H26FNO3. The van der Waals surface area contributed by atoms with E-state index in [1.807, 2.05) is 20.8 Å². The van der Waals surface area contributed by atoms with Gasteiger partial charge in [-0.2, -0.15) is 0 Å². The number of fused-ring (bicyclic) bond motifs is 1. The van der Waals surface area contributed by atoms with Crippen LogP contribution in [0.3, 0.4) is 0 Å². The molecule has 0 bridgehead atoms. The number of benzene rings is 1. The van der Waals surface area contributed by atoms with Gasteiger partial charge in [0.1, 0.15) is 11.6 Å². The van der Waals surface area contributed by atoms with Crippen molar-refractivity contribution in [3.05, 3.63) is 40.1 Å². The molecule has 0 aliphatic heterocycles. The minimum absolute atomic E-state index is 0.171. The standard InChI is InChI=1S/C19H26FNO3/c1-5-6-9-24-17-14-8-7-13(20)10-15(14)18(23)21(16(17)11-22)12-19(2,3)4/h7-8,10,22H,5-6,9,11-12H2,1-4H3. The monoisotopic (exact) mass is 335 g/mol. The van der Waals surface area contributed by atoms with Crippen LogP contribution in [0.15, 0.2) is 23.0 Å². The normalized spacial score (nSPS) is 11.9. The van der Waals surface area contributed by atoms with Crippen molar-refractivity contribution in [1.29, 1.82) is 0 Å². The van der Waals surface area contributed by atoms with Crippen LogP contribution < -0.4 is 10.3 Å². The number of rotatable bonds is 6. The smallest absolute Gasteiger partial charge is 0.259 e. The maximum atomic E-state index is 13.7. The van der Waals surface area contributed by atoms with Crippen LogP contribution in [0.25, 0.3) is 10.8 Å². The Labute approximate surface area is 141 Å². The molecule has 5 heteroatoms. The molecule has 0 spiro atoms. The van der Waals surface area contributed by atoms with Gasteiger partial charge in [0.05, 0.1) is 24.3 Å². The summed E-state index contributed by atoms with van der Waals surface area (Å²) in [6, 6.07) is 4.10. The van der Waals surface area contributed by atoms with Gasteiger partial charge in [-0.25, -0.2) is 4.39 Å². The Bertz CT molecular complexity index is 775. The van der Waals surface area contributed by atoms with Gasteiger partial charge >= 0.3 is 0 Å². The molecule has 1 heterocycles. The first kappa shape index (κ1) is 18.5. The van der Waals surface area contributed by atoms with Crippen molar-refractivity contribution in [2.45, 2.75) is 53.7 Å². The molecule has 0 amide bonds. The number of pyridine rings is 1. The Morgan fingerprint density at radius 1 is 1.25 bits per heavy atom. The number of ether oxygens (including phenoxy) is 1. The van der Waals surface area contributed by atoms with Crippen LogP contribution in [-0.4, -0.2) is 16.3 Å². The molecule has 0 saturated heterocycles. The molecule has 0 aliphatic carbocycles. The van der Waals surface area contributed by atoms with Gasteiger partial charge in [0.15, 0.2) is 0 Å². The number of aliphatic hydroxyl groups excluding tert-OH is 1. The van der Waals surface area contributed by atoms with Crippen LogP contribution in [-0.2, 0) is 13.2 Å². The van der Waals surface area contributed by atoms with Gasteiger partial charge in [-0.1, -0.05) is 34.1 Å². The summed E-state index contributed by atoms with van der Waals surface area (Å²) in [4.78, 5) is 12.8. The van der Waals surface area contributed by atoms with E-state index in [9.17, 15) is 14.3 Å². The maximum Gasteiger partial charge on any atom is 0.259 e. The van der Waals surface area contributed by atoms with E-state index in [0.717, 1.165) is 12.8 Å². The van der Waals surface area contributed by atoms with Crippen molar-refractivity contribution in [1.82, 2.24) is 4.57 Å². The number of hydrogen-bond acceptors (Lipinski definition) is 3. The Morgan fingerprint density at radius 2 is 1.96 bits per heavy atom. The summed E-state index contributed by atoms with van der Waals surface area (Å²) in [6.07, 6.45) is 1.84. The molecular weight excluding hydrogens is 309 g/mol. The number of hydrogen-bond donors (Lipinski definition) is 1. The molecule has 24 heavy (non-hydrogen) atoms. The number of aliphatic hydroxyl groups is 1. The van der Waals surface area contributed by atoms with Crippen molar-refractivity contribution in [2.75, 3.05) is 6.61 Å². The molecule has 0 aliphatic rings. The SMILES string of the molecule is CCCCOc1c(CO)n(CC(C)(C)C)c(=O)c2cc(F)ccc12. The minimum Gasteiger partial charge on any atom is -0.491 e. The molecule has 2 rings (SSSR count). The summed E-state index contributed by atoms with van der Waals surface area (Å²) < 4.78 is 21.1. The second-order valence-corrected chi connectivity index (χ2v) is 7.28. The van der Waals surface area contributed by atoms with Crippen LogP contribution >= 0.6 is 0 Å². The third-order valence-corrected chi connectivity index (χ3v) is 3.82. The summed E-state index contributed by atoms with van der Waals surface area (Å²) in [7, 11) is 0. The van der Waals surface area contributed by atoms with Crippen molar-refractivity contribution in [2.24, 2.45) is 5.41 Å². The van der Waals surface area contributed by atoms with Crippen LogP contribution in [0.1, 0.15) is 46.2 Å². The van der Waals surface area contributed by atoms with E-state index in [1.165, 1.54) is 16.7 Å². The third-order valence-electron chi connectivity index (χ3n) is 3.82. The van der Waals surface area contributed by atoms with E-state index in [1.54, 1.807) is 6.07 Å². The van der Waals surface area contributed by atoms with Crippen molar-refractivity contribution in [3.63, 3.8) is 0 Å². The average Bonchev–Trinajstić information content (AvgIpc) is 2.50. The van der Waals surface area contributed by atoms with Gasteiger partial charge in [0, 0.05) is 11.9 Å². The van der Waals surface area contributed by atoms with Gasteiger partial charge in [-0.15, -0.1) is 0 Å². The van der Waals surface area contributed by atoms with Gasteiger partial charge < -0.3 is 14.4 Å². The lowest BCUT2D eigenvalue weighted by Crippen LogP contribution is -2.30. The minimum atomic E-state index is -0.460. The zero-order chi connectivity index (χ0) is 17.9. The molecule has 0 unspecified atom stereocenters. The highest BCUT2D eigenvalue weighted by Gasteiger charge is 2.21. The molecule has 1 aromatic heterocycles. The van der Waals surface area contributed by atoms with Crippen molar-refractivity contribution < 1.29 is 14.2 Å². The van der Waals surface area contributed by atoms with Crippen LogP contribution in [0, 0.1) is 11.2 Å². The summed E-state index contributed by atoms with van der Waals surface area (Å²) in [5.41, 5.74) is -0.0217. The Hall–Kier alpha value is -1.88. The van der Waals surface area contributed by atoms with Gasteiger partial charge in [0.2, 0.25) is 0 Å². The highest BCUT2D eigenvalue weighted by molar-refractivity contribution is 5.88. The number of unbranched alkanes of at least 4 members (excludes halogenated alkanes) is 1. The second kappa shape index (κ2) is 7.34. The number of nitrogens with zero attached hydrogens (tertiary/aromatic N) is 1. The second-order valence-electron chi connectivity index (χ2n) is 7.28. The van der Waals surface area contributed by atoms with E-state index in [4.69, 9.17) is 4.74 Å². The third kappa shape index (κ3) is 3.96. The fourth-order valence-electron chi connectivity index (χ4n) is 2.72. The van der Waals surface area contributed by atoms with Crippen molar-refractivity contribution in [3.8, 4) is 5.75 Å². The van der Waals surface area contributed by atoms with Crippen LogP contribution in [0.5, 0.6) is 5.75 Å². The lowest BCUT2D eigenvalue weighted by atomic mass is 9.96. The highest BCUT2D eigenvalue weighted by Crippen LogP contribution is 2.30. The predicted molar refractivity (Wildman–Crippen MR) is 93.9 cm³/mol. The van der Waals surface area contributed by atoms with E-state index < -0.39 is 5.82 Å². The largest absolute Gasteiger partial charge is 0.491 e. The van der Waals surface area contributed by atoms with Gasteiger partial charge in [0.25, 0.3) is 5.56 Å². The van der Waals surface area contributed by atoms with Gasteiger partial charge in [-0.05, 0) is 30.0 Å².